The topological polar surface area (TPSA) is 58.3 Å². The summed E-state index contributed by atoms with van der Waals surface area (Å²) in [7, 11) is 0. The van der Waals surface area contributed by atoms with E-state index in [1.54, 1.807) is 24.3 Å². The number of aliphatic hydroxyl groups is 1. The minimum Gasteiger partial charge on any atom is -0.467 e. The number of nitrogens with one attached hydrogen (secondary N) is 1. The number of fused-ring (bicyclic) bond motifs is 1. The van der Waals surface area contributed by atoms with Gasteiger partial charge in [0.1, 0.15) is 23.5 Å². The molecule has 0 saturated carbocycles. The Balaban J connectivity index is 1.74. The third kappa shape index (κ3) is 2.62. The summed E-state index contributed by atoms with van der Waals surface area (Å²) in [5.41, 5.74) is 0.572. The molecule has 3 aromatic rings. The highest BCUT2D eigenvalue weighted by Gasteiger charge is 2.10. The number of aromatic nitrogens is 1. The van der Waals surface area contributed by atoms with E-state index in [4.69, 9.17) is 4.42 Å². The van der Waals surface area contributed by atoms with E-state index in [1.165, 1.54) is 18.4 Å². The molecule has 0 fully saturated rings. The third-order valence-corrected chi connectivity index (χ3v) is 3.00. The summed E-state index contributed by atoms with van der Waals surface area (Å²) in [5.74, 6) is 0.746. The zero-order chi connectivity index (χ0) is 13.9. The van der Waals surface area contributed by atoms with Gasteiger partial charge in [0, 0.05) is 18.0 Å². The van der Waals surface area contributed by atoms with Crippen LogP contribution in [0.2, 0.25) is 0 Å². The number of anilines is 1. The average Bonchev–Trinajstić information content (AvgIpc) is 2.98. The largest absolute Gasteiger partial charge is 0.467 e. The van der Waals surface area contributed by atoms with Gasteiger partial charge in [0.2, 0.25) is 0 Å². The highest BCUT2D eigenvalue weighted by Crippen LogP contribution is 2.18. The molecule has 5 heteroatoms. The maximum atomic E-state index is 13.2. The molecule has 1 aromatic carbocycles. The minimum absolute atomic E-state index is 0.265. The maximum absolute atomic E-state index is 13.2. The summed E-state index contributed by atoms with van der Waals surface area (Å²) in [6.45, 7) is 0.265. The van der Waals surface area contributed by atoms with Gasteiger partial charge in [-0.2, -0.15) is 0 Å². The Morgan fingerprint density at radius 1 is 1.25 bits per heavy atom. The quantitative estimate of drug-likeness (QED) is 0.766. The van der Waals surface area contributed by atoms with E-state index in [0.717, 1.165) is 5.39 Å². The van der Waals surface area contributed by atoms with E-state index >= 15 is 0 Å². The van der Waals surface area contributed by atoms with E-state index in [9.17, 15) is 9.50 Å². The van der Waals surface area contributed by atoms with Crippen LogP contribution in [0.4, 0.5) is 10.2 Å². The molecule has 2 heterocycles. The summed E-state index contributed by atoms with van der Waals surface area (Å²) in [6, 6.07) is 11.5. The molecule has 0 saturated heterocycles. The molecule has 0 amide bonds. The number of halogens is 1. The average molecular weight is 272 g/mol. The molecule has 3 rings (SSSR count). The molecule has 0 radical (unpaired) electrons. The fourth-order valence-electron chi connectivity index (χ4n) is 1.97. The third-order valence-electron chi connectivity index (χ3n) is 3.00. The molecule has 0 aliphatic rings. The molecule has 0 unspecified atom stereocenters. The number of hydrogen-bond acceptors (Lipinski definition) is 4. The van der Waals surface area contributed by atoms with Gasteiger partial charge in [0.15, 0.2) is 0 Å². The molecular formula is C15H13FN2O2. The summed E-state index contributed by atoms with van der Waals surface area (Å²) >= 11 is 0. The Morgan fingerprint density at radius 2 is 2.10 bits per heavy atom. The van der Waals surface area contributed by atoms with Crippen LogP contribution < -0.4 is 5.32 Å². The maximum Gasteiger partial charge on any atom is 0.134 e. The number of nitrogens with zero attached hydrogens (tertiary/aromatic N) is 1. The molecule has 0 bridgehead atoms. The van der Waals surface area contributed by atoms with Crippen LogP contribution in [-0.4, -0.2) is 16.6 Å². The van der Waals surface area contributed by atoms with Crippen molar-refractivity contribution in [2.45, 2.75) is 6.10 Å². The second kappa shape index (κ2) is 5.30. The number of hydrogen-bond donors (Lipinski definition) is 2. The van der Waals surface area contributed by atoms with Crippen molar-refractivity contribution in [2.24, 2.45) is 0 Å². The van der Waals surface area contributed by atoms with Crippen LogP contribution >= 0.6 is 0 Å². The van der Waals surface area contributed by atoms with Crippen LogP contribution in [0.5, 0.6) is 0 Å². The summed E-state index contributed by atoms with van der Waals surface area (Å²) in [5, 5.41) is 13.7. The molecule has 2 N–H and O–H groups in total. The molecule has 20 heavy (non-hydrogen) atoms. The molecule has 102 valence electrons. The normalized spacial score (nSPS) is 12.5. The summed E-state index contributed by atoms with van der Waals surface area (Å²) in [6.07, 6.45) is 0.755. The number of benzene rings is 1. The van der Waals surface area contributed by atoms with Gasteiger partial charge >= 0.3 is 0 Å². The molecule has 0 aliphatic heterocycles. The predicted molar refractivity (Wildman–Crippen MR) is 73.9 cm³/mol. The first-order valence-electron chi connectivity index (χ1n) is 6.24. The van der Waals surface area contributed by atoms with E-state index in [0.29, 0.717) is 17.1 Å². The van der Waals surface area contributed by atoms with Crippen LogP contribution in [0.1, 0.15) is 11.9 Å². The van der Waals surface area contributed by atoms with Crippen molar-refractivity contribution < 1.29 is 13.9 Å². The van der Waals surface area contributed by atoms with Gasteiger partial charge < -0.3 is 14.8 Å². The van der Waals surface area contributed by atoms with Gasteiger partial charge in [-0.05, 0) is 36.4 Å². The lowest BCUT2D eigenvalue weighted by Gasteiger charge is -2.10. The Labute approximate surface area is 114 Å². The molecule has 0 spiro atoms. The molecule has 4 nitrogen and oxygen atoms in total. The standard InChI is InChI=1S/C15H13FN2O2/c16-11-5-3-10-4-6-15(18-12(10)8-11)17-9-13(19)14-2-1-7-20-14/h1-8,13,19H,9H2,(H,17,18)/t13-/m0/s1. The van der Waals surface area contributed by atoms with Gasteiger partial charge in [0.05, 0.1) is 11.8 Å². The highest BCUT2D eigenvalue weighted by atomic mass is 19.1. The van der Waals surface area contributed by atoms with Gasteiger partial charge in [-0.15, -0.1) is 0 Å². The number of furan rings is 1. The van der Waals surface area contributed by atoms with Crippen molar-refractivity contribution in [2.75, 3.05) is 11.9 Å². The molecular weight excluding hydrogens is 259 g/mol. The zero-order valence-electron chi connectivity index (χ0n) is 10.6. The van der Waals surface area contributed by atoms with Gasteiger partial charge in [-0.1, -0.05) is 0 Å². The second-order valence-electron chi connectivity index (χ2n) is 4.45. The lowest BCUT2D eigenvalue weighted by molar-refractivity contribution is 0.162. The monoisotopic (exact) mass is 272 g/mol. The zero-order valence-corrected chi connectivity index (χ0v) is 10.6. The lowest BCUT2D eigenvalue weighted by Crippen LogP contribution is -2.12. The van der Waals surface area contributed by atoms with Crippen LogP contribution in [0.3, 0.4) is 0 Å². The molecule has 1 atom stereocenters. The van der Waals surface area contributed by atoms with Crippen molar-refractivity contribution >= 4 is 16.7 Å². The van der Waals surface area contributed by atoms with E-state index < -0.39 is 6.10 Å². The highest BCUT2D eigenvalue weighted by molar-refractivity contribution is 5.80. The smallest absolute Gasteiger partial charge is 0.134 e. The van der Waals surface area contributed by atoms with Crippen molar-refractivity contribution in [3.63, 3.8) is 0 Å². The van der Waals surface area contributed by atoms with Crippen molar-refractivity contribution in [1.29, 1.82) is 0 Å². The number of pyridine rings is 1. The Hall–Kier alpha value is -2.40. The first-order chi connectivity index (χ1) is 9.72. The first kappa shape index (κ1) is 12.6. The van der Waals surface area contributed by atoms with Gasteiger partial charge in [-0.3, -0.25) is 0 Å². The fourth-order valence-corrected chi connectivity index (χ4v) is 1.97. The van der Waals surface area contributed by atoms with Crippen molar-refractivity contribution in [1.82, 2.24) is 4.98 Å². The lowest BCUT2D eigenvalue weighted by atomic mass is 10.2. The summed E-state index contributed by atoms with van der Waals surface area (Å²) in [4.78, 5) is 4.30. The molecule has 0 aliphatic carbocycles. The van der Waals surface area contributed by atoms with Crippen LogP contribution in [0.15, 0.2) is 53.1 Å². The number of rotatable bonds is 4. The number of aliphatic hydroxyl groups excluding tert-OH is 1. The second-order valence-corrected chi connectivity index (χ2v) is 4.45. The minimum atomic E-state index is -0.755. The Bertz CT molecular complexity index is 713. The molecule has 2 aromatic heterocycles. The van der Waals surface area contributed by atoms with Crippen molar-refractivity contribution in [3.05, 3.63) is 60.3 Å². The van der Waals surface area contributed by atoms with Gasteiger partial charge in [-0.25, -0.2) is 9.37 Å². The van der Waals surface area contributed by atoms with Crippen LogP contribution in [-0.2, 0) is 0 Å². The van der Waals surface area contributed by atoms with Crippen molar-refractivity contribution in [3.8, 4) is 0 Å². The van der Waals surface area contributed by atoms with E-state index in [2.05, 4.69) is 10.3 Å². The fraction of sp³-hybridized carbons (Fsp3) is 0.133. The summed E-state index contributed by atoms with van der Waals surface area (Å²) < 4.78 is 18.3. The Morgan fingerprint density at radius 3 is 2.90 bits per heavy atom. The van der Waals surface area contributed by atoms with Gasteiger partial charge in [0.25, 0.3) is 0 Å². The van der Waals surface area contributed by atoms with E-state index in [1.807, 2.05) is 6.07 Å². The Kier molecular flexibility index (Phi) is 3.35. The first-order valence-corrected chi connectivity index (χ1v) is 6.24. The van der Waals surface area contributed by atoms with Crippen LogP contribution in [0, 0.1) is 5.82 Å². The van der Waals surface area contributed by atoms with Crippen LogP contribution in [0.25, 0.3) is 10.9 Å². The predicted octanol–water partition coefficient (Wildman–Crippen LogP) is 3.11. The SMILES string of the molecule is O[C@@H](CNc1ccc2ccc(F)cc2n1)c1ccco1. The van der Waals surface area contributed by atoms with E-state index in [-0.39, 0.29) is 12.4 Å².